The van der Waals surface area contributed by atoms with Crippen molar-refractivity contribution in [3.8, 4) is 17.2 Å². The average molecular weight is 872 g/mol. The molecular weight excluding hydrogens is 842 g/mol. The van der Waals surface area contributed by atoms with E-state index in [1.54, 1.807) is 55.9 Å². The van der Waals surface area contributed by atoms with Gasteiger partial charge in [0.25, 0.3) is 5.56 Å². The van der Waals surface area contributed by atoms with E-state index in [1.807, 2.05) is 38.1 Å². The molecule has 0 radical (unpaired) electrons. The first-order valence-electron chi connectivity index (χ1n) is 14.5. The average Bonchev–Trinajstić information content (AvgIpc) is 3.31. The van der Waals surface area contributed by atoms with Crippen LogP contribution in [0.15, 0.2) is 74.1 Å². The number of carbonyl (C=O) groups is 1. The molecule has 0 saturated heterocycles. The molecule has 8 nitrogen and oxygen atoms in total. The van der Waals surface area contributed by atoms with Crippen molar-refractivity contribution in [1.82, 2.24) is 4.57 Å². The highest BCUT2D eigenvalue weighted by Crippen LogP contribution is 2.37. The molecule has 0 unspecified atom stereocenters. The summed E-state index contributed by atoms with van der Waals surface area (Å²) in [6.07, 6.45) is 1.73. The van der Waals surface area contributed by atoms with Gasteiger partial charge in [0.15, 0.2) is 16.3 Å². The van der Waals surface area contributed by atoms with Gasteiger partial charge in [0.1, 0.15) is 12.4 Å². The van der Waals surface area contributed by atoms with Gasteiger partial charge in [-0.3, -0.25) is 9.36 Å². The molecule has 0 bridgehead atoms. The number of hydrogen-bond donors (Lipinski definition) is 0. The fraction of sp³-hybridized carbons (Fsp3) is 0.265. The zero-order valence-electron chi connectivity index (χ0n) is 26.0. The molecule has 246 valence electrons. The summed E-state index contributed by atoms with van der Waals surface area (Å²) in [5.41, 5.74) is 2.78. The summed E-state index contributed by atoms with van der Waals surface area (Å²) in [5, 5.41) is 0.940. The minimum Gasteiger partial charge on any atom is -0.493 e. The molecule has 0 amide bonds. The van der Waals surface area contributed by atoms with Crippen LogP contribution in [0.5, 0.6) is 17.2 Å². The number of methoxy groups -OCH3 is 1. The van der Waals surface area contributed by atoms with E-state index in [9.17, 15) is 9.59 Å². The number of allylic oxidation sites excluding steroid dienone is 1. The fourth-order valence-corrected chi connectivity index (χ4v) is 8.19. The van der Waals surface area contributed by atoms with E-state index in [-0.39, 0.29) is 23.8 Å². The molecule has 0 fully saturated rings. The van der Waals surface area contributed by atoms with Gasteiger partial charge in [-0.15, -0.1) is 0 Å². The lowest BCUT2D eigenvalue weighted by atomic mass is 9.95. The van der Waals surface area contributed by atoms with Crippen LogP contribution in [0.3, 0.4) is 0 Å². The molecule has 0 aliphatic carbocycles. The molecule has 0 N–H and O–H groups in total. The van der Waals surface area contributed by atoms with Gasteiger partial charge in [-0.05, 0) is 125 Å². The van der Waals surface area contributed by atoms with E-state index in [2.05, 4.69) is 43.5 Å². The number of thiazole rings is 1. The summed E-state index contributed by atoms with van der Waals surface area (Å²) in [5.74, 6) is 1.16. The first-order valence-corrected chi connectivity index (χ1v) is 18.0. The van der Waals surface area contributed by atoms with Crippen molar-refractivity contribution < 1.29 is 23.7 Å². The van der Waals surface area contributed by atoms with Gasteiger partial charge in [-0.1, -0.05) is 46.7 Å². The lowest BCUT2D eigenvalue weighted by molar-refractivity contribution is -0.139. The highest BCUT2D eigenvalue weighted by atomic mass is 127. The van der Waals surface area contributed by atoms with Crippen LogP contribution in [0.1, 0.15) is 50.4 Å². The molecule has 3 aromatic carbocycles. The third-order valence-electron chi connectivity index (χ3n) is 7.07. The second-order valence-corrected chi connectivity index (χ2v) is 14.6. The number of benzene rings is 3. The lowest BCUT2D eigenvalue weighted by Crippen LogP contribution is -2.40. The van der Waals surface area contributed by atoms with E-state index in [1.165, 1.54) is 11.3 Å². The maximum absolute atomic E-state index is 14.1. The summed E-state index contributed by atoms with van der Waals surface area (Å²) in [6.45, 7) is 7.81. The predicted molar refractivity (Wildman–Crippen MR) is 197 cm³/mol. The summed E-state index contributed by atoms with van der Waals surface area (Å²) in [6, 6.07) is 13.8. The van der Waals surface area contributed by atoms with Crippen molar-refractivity contribution in [2.24, 2.45) is 4.99 Å². The Morgan fingerprint density at radius 3 is 2.55 bits per heavy atom. The normalized spacial score (nSPS) is 14.6. The first kappa shape index (κ1) is 35.5. The number of carbonyl (C=O) groups excluding carboxylic acids is 1. The molecular formula is C34H30BrCl2IN2O6S. The number of esters is 1. The van der Waals surface area contributed by atoms with E-state index in [4.69, 9.17) is 42.1 Å². The summed E-state index contributed by atoms with van der Waals surface area (Å²) in [4.78, 5) is 32.6. The van der Waals surface area contributed by atoms with Gasteiger partial charge < -0.3 is 18.9 Å². The molecule has 0 spiro atoms. The summed E-state index contributed by atoms with van der Waals surface area (Å²) < 4.78 is 26.6. The minimum absolute atomic E-state index is 0.0732. The molecule has 2 heterocycles. The number of halogens is 4. The number of fused-ring (bicyclic) bond motifs is 1. The van der Waals surface area contributed by atoms with Crippen LogP contribution in [0.2, 0.25) is 10.0 Å². The van der Waals surface area contributed by atoms with Crippen LogP contribution in [0, 0.1) is 3.57 Å². The van der Waals surface area contributed by atoms with Gasteiger partial charge in [-0.2, -0.15) is 0 Å². The Morgan fingerprint density at radius 1 is 1.13 bits per heavy atom. The smallest absolute Gasteiger partial charge is 0.338 e. The highest BCUT2D eigenvalue weighted by Gasteiger charge is 2.34. The second kappa shape index (κ2) is 15.1. The van der Waals surface area contributed by atoms with Crippen LogP contribution < -0.4 is 29.1 Å². The summed E-state index contributed by atoms with van der Waals surface area (Å²) >= 11 is 19.3. The largest absolute Gasteiger partial charge is 0.493 e. The van der Waals surface area contributed by atoms with Crippen LogP contribution in [0.25, 0.3) is 6.08 Å². The molecule has 13 heteroatoms. The highest BCUT2D eigenvalue weighted by molar-refractivity contribution is 14.1. The second-order valence-electron chi connectivity index (χ2n) is 10.7. The van der Waals surface area contributed by atoms with Gasteiger partial charge in [0.2, 0.25) is 0 Å². The third kappa shape index (κ3) is 7.75. The Balaban J connectivity index is 1.56. The maximum atomic E-state index is 14.1. The quantitative estimate of drug-likeness (QED) is 0.119. The molecule has 1 aliphatic heterocycles. The molecule has 1 atom stereocenters. The van der Waals surface area contributed by atoms with Gasteiger partial charge in [-0.25, -0.2) is 9.79 Å². The van der Waals surface area contributed by atoms with Crippen molar-refractivity contribution in [2.45, 2.75) is 46.4 Å². The van der Waals surface area contributed by atoms with E-state index in [0.29, 0.717) is 54.5 Å². The maximum Gasteiger partial charge on any atom is 0.338 e. The van der Waals surface area contributed by atoms with E-state index in [0.717, 1.165) is 19.2 Å². The van der Waals surface area contributed by atoms with E-state index < -0.39 is 12.0 Å². The molecule has 4 aromatic rings. The summed E-state index contributed by atoms with van der Waals surface area (Å²) in [7, 11) is 1.55. The van der Waals surface area contributed by atoms with Gasteiger partial charge in [0.05, 0.1) is 59.8 Å². The molecule has 1 aromatic heterocycles. The Hall–Kier alpha value is -2.84. The van der Waals surface area contributed by atoms with Crippen LogP contribution in [0.4, 0.5) is 0 Å². The first-order chi connectivity index (χ1) is 22.4. The zero-order chi connectivity index (χ0) is 34.0. The van der Waals surface area contributed by atoms with Crippen LogP contribution >= 0.6 is 73.1 Å². The fourth-order valence-electron chi connectivity index (χ4n) is 5.05. The van der Waals surface area contributed by atoms with Crippen molar-refractivity contribution in [3.05, 3.63) is 114 Å². The zero-order valence-corrected chi connectivity index (χ0v) is 32.1. The molecule has 5 rings (SSSR count). The molecule has 0 saturated carbocycles. The SMILES string of the molecule is CCOC(=O)C1=C(C)N=c2s/c(=C\c3cc(Br)c(OCc4ccc(Cl)c(Cl)c4)c(I)c3)c(=O)n2[C@@H]1c1ccc(OC(C)C)c(OC)c1. The van der Waals surface area contributed by atoms with Gasteiger partial charge >= 0.3 is 5.97 Å². The Labute approximate surface area is 307 Å². The minimum atomic E-state index is -0.793. The van der Waals surface area contributed by atoms with Crippen LogP contribution in [-0.4, -0.2) is 30.4 Å². The standard InChI is InChI=1S/C34H30BrCl2IN2O6S/c1-6-44-33(42)29-18(4)39-34-40(30(29)21-8-10-26(46-17(2)3)27(15-21)43-5)32(41)28(47-34)14-20-11-22(35)31(25(38)13-20)45-16-19-7-9-23(36)24(37)12-19/h7-15,17,30H,6,16H2,1-5H3/b28-14-/t30-/m1/s1. The van der Waals surface area contributed by atoms with Crippen molar-refractivity contribution >= 4 is 85.1 Å². The Bertz CT molecular complexity index is 2050. The number of ether oxygens (including phenoxy) is 4. The Morgan fingerprint density at radius 2 is 1.89 bits per heavy atom. The van der Waals surface area contributed by atoms with Crippen molar-refractivity contribution in [2.75, 3.05) is 13.7 Å². The van der Waals surface area contributed by atoms with Crippen LogP contribution in [-0.2, 0) is 16.1 Å². The Kier molecular flexibility index (Phi) is 11.4. The lowest BCUT2D eigenvalue weighted by Gasteiger charge is -2.25. The number of nitrogens with zero attached hydrogens (tertiary/aromatic N) is 2. The number of rotatable bonds is 10. The monoisotopic (exact) mass is 870 g/mol. The topological polar surface area (TPSA) is 88.4 Å². The van der Waals surface area contributed by atoms with E-state index >= 15 is 0 Å². The van der Waals surface area contributed by atoms with Gasteiger partial charge in [0, 0.05) is 0 Å². The predicted octanol–water partition coefficient (Wildman–Crippen LogP) is 7.85. The number of aromatic nitrogens is 1. The van der Waals surface area contributed by atoms with Crippen molar-refractivity contribution in [3.63, 3.8) is 0 Å². The molecule has 1 aliphatic rings. The molecule has 47 heavy (non-hydrogen) atoms. The number of hydrogen-bond acceptors (Lipinski definition) is 8. The third-order valence-corrected chi connectivity index (χ3v) is 10.2. The van der Waals surface area contributed by atoms with Crippen molar-refractivity contribution in [1.29, 1.82) is 0 Å².